The van der Waals surface area contributed by atoms with Crippen molar-refractivity contribution in [3.05, 3.63) is 87.9 Å². The number of carbonyl (C=O) groups excluding carboxylic acids is 2. The van der Waals surface area contributed by atoms with Crippen LogP contribution in [0.4, 0.5) is 5.69 Å². The predicted octanol–water partition coefficient (Wildman–Crippen LogP) is 6.23. The SMILES string of the molecule is CCOc1ccccc1N(CC(=O)N(Cc1c(Cl)cccc1Cl)C(C)C(=O)NC(C)(C)C)S(=O)(=O)c1ccc(C)cc1. The third-order valence-corrected chi connectivity index (χ3v) is 8.86. The van der Waals surface area contributed by atoms with Crippen molar-refractivity contribution in [2.24, 2.45) is 0 Å². The summed E-state index contributed by atoms with van der Waals surface area (Å²) in [5, 5.41) is 3.52. The van der Waals surface area contributed by atoms with Gasteiger partial charge >= 0.3 is 0 Å². The summed E-state index contributed by atoms with van der Waals surface area (Å²) >= 11 is 12.9. The summed E-state index contributed by atoms with van der Waals surface area (Å²) in [5.41, 5.74) is 0.940. The highest BCUT2D eigenvalue weighted by Crippen LogP contribution is 2.33. The number of para-hydroxylation sites is 2. The van der Waals surface area contributed by atoms with Crippen LogP contribution in [0.25, 0.3) is 0 Å². The van der Waals surface area contributed by atoms with Gasteiger partial charge in [-0.15, -0.1) is 0 Å². The zero-order chi connectivity index (χ0) is 31.2. The van der Waals surface area contributed by atoms with Gasteiger partial charge in [0, 0.05) is 27.7 Å². The van der Waals surface area contributed by atoms with E-state index in [1.165, 1.54) is 17.0 Å². The number of rotatable bonds is 11. The Morgan fingerprint density at radius 1 is 0.952 bits per heavy atom. The average molecular weight is 635 g/mol. The van der Waals surface area contributed by atoms with E-state index in [-0.39, 0.29) is 23.7 Å². The molecule has 0 radical (unpaired) electrons. The highest BCUT2D eigenvalue weighted by atomic mass is 35.5. The number of halogens is 2. The summed E-state index contributed by atoms with van der Waals surface area (Å²) < 4.78 is 35.0. The van der Waals surface area contributed by atoms with E-state index in [0.717, 1.165) is 9.87 Å². The molecule has 0 saturated carbocycles. The lowest BCUT2D eigenvalue weighted by Crippen LogP contribution is -2.54. The van der Waals surface area contributed by atoms with Crippen LogP contribution in [-0.4, -0.2) is 49.9 Å². The lowest BCUT2D eigenvalue weighted by Gasteiger charge is -2.34. The van der Waals surface area contributed by atoms with Crippen LogP contribution in [0.3, 0.4) is 0 Å². The number of sulfonamides is 1. The second kappa shape index (κ2) is 13.8. The maximum absolute atomic E-state index is 14.2. The zero-order valence-electron chi connectivity index (χ0n) is 24.6. The summed E-state index contributed by atoms with van der Waals surface area (Å²) in [6, 6.07) is 16.9. The van der Waals surface area contributed by atoms with Crippen LogP contribution >= 0.6 is 23.2 Å². The van der Waals surface area contributed by atoms with Crippen molar-refractivity contribution in [2.75, 3.05) is 17.5 Å². The quantitative estimate of drug-likeness (QED) is 0.270. The first-order valence-corrected chi connectivity index (χ1v) is 15.7. The van der Waals surface area contributed by atoms with Gasteiger partial charge in [-0.3, -0.25) is 13.9 Å². The molecule has 0 heterocycles. The number of benzene rings is 3. The van der Waals surface area contributed by atoms with Crippen molar-refractivity contribution in [2.45, 2.75) is 64.6 Å². The molecule has 0 aliphatic rings. The van der Waals surface area contributed by atoms with Crippen molar-refractivity contribution in [1.82, 2.24) is 10.2 Å². The molecule has 0 aliphatic carbocycles. The van der Waals surface area contributed by atoms with Gasteiger partial charge in [0.05, 0.1) is 17.2 Å². The van der Waals surface area contributed by atoms with E-state index < -0.39 is 40.0 Å². The molecular formula is C31H37Cl2N3O5S. The fourth-order valence-electron chi connectivity index (χ4n) is 4.20. The van der Waals surface area contributed by atoms with Gasteiger partial charge in [-0.05, 0) is 77.9 Å². The first-order chi connectivity index (χ1) is 19.7. The number of nitrogens with zero attached hydrogens (tertiary/aromatic N) is 2. The van der Waals surface area contributed by atoms with E-state index in [1.807, 2.05) is 27.7 Å². The molecule has 0 aromatic heterocycles. The second-order valence-electron chi connectivity index (χ2n) is 10.9. The van der Waals surface area contributed by atoms with Crippen molar-refractivity contribution in [3.63, 3.8) is 0 Å². The highest BCUT2D eigenvalue weighted by Gasteiger charge is 2.35. The fourth-order valence-corrected chi connectivity index (χ4v) is 6.14. The van der Waals surface area contributed by atoms with Gasteiger partial charge < -0.3 is 15.0 Å². The van der Waals surface area contributed by atoms with Crippen LogP contribution in [0.15, 0.2) is 71.6 Å². The van der Waals surface area contributed by atoms with Gasteiger partial charge in [0.15, 0.2) is 0 Å². The second-order valence-corrected chi connectivity index (χ2v) is 13.5. The van der Waals surface area contributed by atoms with Gasteiger partial charge in [0.1, 0.15) is 18.3 Å². The lowest BCUT2D eigenvalue weighted by molar-refractivity contribution is -0.140. The Morgan fingerprint density at radius 2 is 1.55 bits per heavy atom. The molecule has 11 heteroatoms. The van der Waals surface area contributed by atoms with Gasteiger partial charge in [-0.25, -0.2) is 8.42 Å². The molecule has 0 fully saturated rings. The number of carbonyl (C=O) groups is 2. The summed E-state index contributed by atoms with van der Waals surface area (Å²) in [6.45, 7) is 10.2. The summed E-state index contributed by atoms with van der Waals surface area (Å²) in [7, 11) is -4.25. The third kappa shape index (κ3) is 8.18. The van der Waals surface area contributed by atoms with Crippen molar-refractivity contribution in [3.8, 4) is 5.75 Å². The maximum atomic E-state index is 14.2. The minimum Gasteiger partial charge on any atom is -0.492 e. The standard InChI is InChI=1S/C31H37Cl2N3O5S/c1-7-41-28-14-9-8-13-27(28)36(42(39,40)23-17-15-21(2)16-18-23)20-29(37)35(22(3)30(38)34-31(4,5)6)19-24-25(32)11-10-12-26(24)33/h8-18,22H,7,19-20H2,1-6H3,(H,34,38). The first-order valence-electron chi connectivity index (χ1n) is 13.5. The molecule has 1 N–H and O–H groups in total. The fraction of sp³-hybridized carbons (Fsp3) is 0.355. The zero-order valence-corrected chi connectivity index (χ0v) is 27.0. The van der Waals surface area contributed by atoms with Crippen molar-refractivity contribution >= 4 is 50.7 Å². The molecular weight excluding hydrogens is 597 g/mol. The average Bonchev–Trinajstić information content (AvgIpc) is 2.91. The Kier molecular flexibility index (Phi) is 10.9. The number of nitrogens with one attached hydrogen (secondary N) is 1. The van der Waals surface area contributed by atoms with E-state index in [2.05, 4.69) is 5.32 Å². The third-order valence-electron chi connectivity index (χ3n) is 6.38. The molecule has 3 aromatic carbocycles. The molecule has 0 spiro atoms. The summed E-state index contributed by atoms with van der Waals surface area (Å²) in [6.07, 6.45) is 0. The molecule has 226 valence electrons. The van der Waals surface area contributed by atoms with Crippen LogP contribution in [0.2, 0.25) is 10.0 Å². The van der Waals surface area contributed by atoms with Gasteiger partial charge in [-0.2, -0.15) is 0 Å². The Bertz CT molecular complexity index is 1500. The summed E-state index contributed by atoms with van der Waals surface area (Å²) in [4.78, 5) is 28.8. The van der Waals surface area contributed by atoms with Crippen LogP contribution in [-0.2, 0) is 26.2 Å². The number of aryl methyl sites for hydroxylation is 1. The van der Waals surface area contributed by atoms with Crippen LogP contribution in [0.5, 0.6) is 5.75 Å². The molecule has 0 bridgehead atoms. The lowest BCUT2D eigenvalue weighted by atomic mass is 10.1. The van der Waals surface area contributed by atoms with E-state index >= 15 is 0 Å². The predicted molar refractivity (Wildman–Crippen MR) is 168 cm³/mol. The van der Waals surface area contributed by atoms with Crippen molar-refractivity contribution in [1.29, 1.82) is 0 Å². The number of anilines is 1. The minimum atomic E-state index is -4.25. The van der Waals surface area contributed by atoms with Gasteiger partial charge in [-0.1, -0.05) is 59.1 Å². The van der Waals surface area contributed by atoms with Crippen LogP contribution < -0.4 is 14.4 Å². The normalized spacial score (nSPS) is 12.4. The van der Waals surface area contributed by atoms with E-state index in [4.69, 9.17) is 27.9 Å². The largest absolute Gasteiger partial charge is 0.492 e. The number of ether oxygens (including phenoxy) is 1. The Balaban J connectivity index is 2.13. The topological polar surface area (TPSA) is 96.0 Å². The molecule has 0 saturated heterocycles. The van der Waals surface area contributed by atoms with Crippen molar-refractivity contribution < 1.29 is 22.7 Å². The Labute approximate surface area is 258 Å². The molecule has 1 unspecified atom stereocenters. The Hall–Kier alpha value is -3.27. The van der Waals surface area contributed by atoms with E-state index in [0.29, 0.717) is 21.4 Å². The Morgan fingerprint density at radius 3 is 2.12 bits per heavy atom. The molecule has 1 atom stereocenters. The first kappa shape index (κ1) is 33.2. The molecule has 0 aliphatic heterocycles. The van der Waals surface area contributed by atoms with E-state index in [1.54, 1.807) is 68.4 Å². The molecule has 3 rings (SSSR count). The molecule has 2 amide bonds. The monoisotopic (exact) mass is 633 g/mol. The molecule has 8 nitrogen and oxygen atoms in total. The smallest absolute Gasteiger partial charge is 0.264 e. The minimum absolute atomic E-state index is 0.00595. The maximum Gasteiger partial charge on any atom is 0.264 e. The highest BCUT2D eigenvalue weighted by molar-refractivity contribution is 7.92. The van der Waals surface area contributed by atoms with Gasteiger partial charge in [0.25, 0.3) is 10.0 Å². The van der Waals surface area contributed by atoms with E-state index in [9.17, 15) is 18.0 Å². The molecule has 42 heavy (non-hydrogen) atoms. The number of amides is 2. The van der Waals surface area contributed by atoms with Gasteiger partial charge in [0.2, 0.25) is 11.8 Å². The number of hydrogen-bond acceptors (Lipinski definition) is 5. The number of hydrogen-bond donors (Lipinski definition) is 1. The van der Waals surface area contributed by atoms with Crippen LogP contribution in [0, 0.1) is 6.92 Å². The van der Waals surface area contributed by atoms with Crippen LogP contribution in [0.1, 0.15) is 45.7 Å². The molecule has 3 aromatic rings. The summed E-state index contributed by atoms with van der Waals surface area (Å²) in [5.74, 6) is -0.756.